The number of carbonyl (C=O) groups excluding carboxylic acids is 2. The quantitative estimate of drug-likeness (QED) is 0.562. The van der Waals surface area contributed by atoms with Crippen LogP contribution in [0.3, 0.4) is 0 Å². The molecule has 10 heteroatoms. The van der Waals surface area contributed by atoms with Gasteiger partial charge in [0.2, 0.25) is 5.91 Å². The van der Waals surface area contributed by atoms with Gasteiger partial charge < -0.3 is 21.0 Å². The Morgan fingerprint density at radius 2 is 2.25 bits per heavy atom. The summed E-state index contributed by atoms with van der Waals surface area (Å²) in [6.45, 7) is 3.02. The second-order valence-corrected chi connectivity index (χ2v) is 6.42. The van der Waals surface area contributed by atoms with E-state index in [-0.39, 0.29) is 17.4 Å². The van der Waals surface area contributed by atoms with Crippen LogP contribution in [-0.4, -0.2) is 47.4 Å². The summed E-state index contributed by atoms with van der Waals surface area (Å²) < 4.78 is 19.1. The zero-order chi connectivity index (χ0) is 20.3. The minimum atomic E-state index is -0.830. The number of carbonyl (C=O) groups is 2. The number of nitrogens with zero attached hydrogens (tertiary/aromatic N) is 3. The predicted molar refractivity (Wildman–Crippen MR) is 96.5 cm³/mol. The predicted octanol–water partition coefficient (Wildman–Crippen LogP) is 0.354. The van der Waals surface area contributed by atoms with Gasteiger partial charge in [0.25, 0.3) is 5.69 Å². The highest BCUT2D eigenvalue weighted by Crippen LogP contribution is 2.23. The number of aromatic nitrogens is 2. The molecule has 0 saturated carbocycles. The van der Waals surface area contributed by atoms with Crippen LogP contribution in [0.25, 0.3) is 0 Å². The summed E-state index contributed by atoms with van der Waals surface area (Å²) in [6, 6.07) is 5.06. The summed E-state index contributed by atoms with van der Waals surface area (Å²) >= 11 is 0. The van der Waals surface area contributed by atoms with Crippen LogP contribution in [0.2, 0.25) is 0 Å². The molecule has 1 aliphatic rings. The number of morpholine rings is 1. The van der Waals surface area contributed by atoms with E-state index in [1.165, 1.54) is 24.4 Å². The highest BCUT2D eigenvalue weighted by Gasteiger charge is 2.30. The SMILES string of the molecule is CC(C(=O)Nc1ccc(F)cn1)N1CCOC(c2cc[n+]([O-])c(C(N)=O)c2)C1. The lowest BCUT2D eigenvalue weighted by atomic mass is 10.1. The number of hydrogen-bond donors (Lipinski definition) is 2. The summed E-state index contributed by atoms with van der Waals surface area (Å²) in [5, 5.41) is 14.3. The summed E-state index contributed by atoms with van der Waals surface area (Å²) in [5.74, 6) is -1.34. The Morgan fingerprint density at radius 3 is 2.93 bits per heavy atom. The van der Waals surface area contributed by atoms with Gasteiger partial charge in [0.15, 0.2) is 6.20 Å². The Hall–Kier alpha value is -3.11. The number of pyridine rings is 2. The molecule has 3 N–H and O–H groups in total. The average Bonchev–Trinajstić information content (AvgIpc) is 2.69. The van der Waals surface area contributed by atoms with Crippen molar-refractivity contribution in [3.63, 3.8) is 0 Å². The maximum absolute atomic E-state index is 12.9. The maximum Gasteiger partial charge on any atom is 0.314 e. The first-order valence-corrected chi connectivity index (χ1v) is 8.66. The molecule has 148 valence electrons. The van der Waals surface area contributed by atoms with Crippen LogP contribution in [0.15, 0.2) is 36.7 Å². The largest absolute Gasteiger partial charge is 0.618 e. The summed E-state index contributed by atoms with van der Waals surface area (Å²) in [6.07, 6.45) is 1.81. The third-order valence-electron chi connectivity index (χ3n) is 4.57. The average molecular weight is 389 g/mol. The fraction of sp³-hybridized carbons (Fsp3) is 0.333. The number of ether oxygens (including phenoxy) is 1. The van der Waals surface area contributed by atoms with Crippen molar-refractivity contribution in [3.05, 3.63) is 58.9 Å². The molecule has 1 aliphatic heterocycles. The topological polar surface area (TPSA) is 124 Å². The van der Waals surface area contributed by atoms with Crippen LogP contribution in [0.1, 0.15) is 29.1 Å². The normalized spacial score (nSPS) is 18.4. The molecular weight excluding hydrogens is 369 g/mol. The maximum atomic E-state index is 12.9. The molecule has 28 heavy (non-hydrogen) atoms. The van der Waals surface area contributed by atoms with Gasteiger partial charge >= 0.3 is 5.91 Å². The Morgan fingerprint density at radius 1 is 1.46 bits per heavy atom. The van der Waals surface area contributed by atoms with Crippen molar-refractivity contribution in [1.29, 1.82) is 0 Å². The van der Waals surface area contributed by atoms with Crippen molar-refractivity contribution in [1.82, 2.24) is 9.88 Å². The molecule has 1 fully saturated rings. The monoisotopic (exact) mass is 389 g/mol. The highest BCUT2D eigenvalue weighted by atomic mass is 19.1. The lowest BCUT2D eigenvalue weighted by Gasteiger charge is -2.36. The van der Waals surface area contributed by atoms with Crippen LogP contribution < -0.4 is 15.8 Å². The lowest BCUT2D eigenvalue weighted by molar-refractivity contribution is -0.607. The lowest BCUT2D eigenvalue weighted by Crippen LogP contribution is -2.48. The Balaban J connectivity index is 1.68. The van der Waals surface area contributed by atoms with Crippen LogP contribution in [-0.2, 0) is 9.53 Å². The molecule has 2 unspecified atom stereocenters. The number of rotatable bonds is 5. The second kappa shape index (κ2) is 8.28. The van der Waals surface area contributed by atoms with E-state index in [4.69, 9.17) is 10.5 Å². The fourth-order valence-corrected chi connectivity index (χ4v) is 2.95. The number of nitrogens with one attached hydrogen (secondary N) is 1. The zero-order valence-corrected chi connectivity index (χ0v) is 15.2. The zero-order valence-electron chi connectivity index (χ0n) is 15.2. The van der Waals surface area contributed by atoms with E-state index in [9.17, 15) is 19.2 Å². The number of halogens is 1. The molecular formula is C18H20FN5O4. The second-order valence-electron chi connectivity index (χ2n) is 6.42. The number of anilines is 1. The van der Waals surface area contributed by atoms with Gasteiger partial charge in [0.05, 0.1) is 24.9 Å². The molecule has 3 rings (SSSR count). The fourth-order valence-electron chi connectivity index (χ4n) is 2.95. The van der Waals surface area contributed by atoms with Gasteiger partial charge in [0, 0.05) is 25.2 Å². The van der Waals surface area contributed by atoms with Gasteiger partial charge in [-0.05, 0) is 24.6 Å². The minimum Gasteiger partial charge on any atom is -0.618 e. The van der Waals surface area contributed by atoms with Gasteiger partial charge in [0.1, 0.15) is 11.6 Å². The van der Waals surface area contributed by atoms with Crippen LogP contribution in [0.5, 0.6) is 0 Å². The Bertz CT molecular complexity index is 877. The molecule has 2 amide bonds. The van der Waals surface area contributed by atoms with Crippen LogP contribution in [0.4, 0.5) is 10.2 Å². The molecule has 0 aromatic carbocycles. The van der Waals surface area contributed by atoms with E-state index in [0.717, 1.165) is 6.20 Å². The van der Waals surface area contributed by atoms with Crippen molar-refractivity contribution in [2.24, 2.45) is 5.73 Å². The molecule has 2 atom stereocenters. The molecule has 0 aliphatic carbocycles. The van der Waals surface area contributed by atoms with Gasteiger partial charge in [-0.15, -0.1) is 0 Å². The molecule has 2 aromatic rings. The van der Waals surface area contributed by atoms with E-state index >= 15 is 0 Å². The first-order valence-electron chi connectivity index (χ1n) is 8.66. The molecule has 0 bridgehead atoms. The Kier molecular flexibility index (Phi) is 5.81. The third kappa shape index (κ3) is 4.41. The van der Waals surface area contributed by atoms with Crippen molar-refractivity contribution in [2.45, 2.75) is 19.1 Å². The van der Waals surface area contributed by atoms with E-state index in [2.05, 4.69) is 10.3 Å². The molecule has 0 spiro atoms. The van der Waals surface area contributed by atoms with Crippen LogP contribution >= 0.6 is 0 Å². The van der Waals surface area contributed by atoms with Gasteiger partial charge in [-0.1, -0.05) is 0 Å². The van der Waals surface area contributed by atoms with Gasteiger partial charge in [-0.2, -0.15) is 4.73 Å². The van der Waals surface area contributed by atoms with Gasteiger partial charge in [-0.25, -0.2) is 9.37 Å². The Labute approximate surface area is 160 Å². The highest BCUT2D eigenvalue weighted by molar-refractivity contribution is 5.93. The van der Waals surface area contributed by atoms with E-state index in [1.807, 2.05) is 4.90 Å². The molecule has 9 nitrogen and oxygen atoms in total. The van der Waals surface area contributed by atoms with E-state index in [0.29, 0.717) is 30.0 Å². The number of primary amides is 1. The first-order chi connectivity index (χ1) is 13.3. The smallest absolute Gasteiger partial charge is 0.314 e. The number of amides is 2. The van der Waals surface area contributed by atoms with Crippen molar-refractivity contribution < 1.29 is 23.4 Å². The summed E-state index contributed by atoms with van der Waals surface area (Å²) in [7, 11) is 0. The summed E-state index contributed by atoms with van der Waals surface area (Å²) in [4.78, 5) is 29.6. The summed E-state index contributed by atoms with van der Waals surface area (Å²) in [5.41, 5.74) is 5.67. The van der Waals surface area contributed by atoms with Crippen LogP contribution in [0, 0.1) is 11.0 Å². The van der Waals surface area contributed by atoms with E-state index in [1.54, 1.807) is 13.0 Å². The van der Waals surface area contributed by atoms with Gasteiger partial charge in [-0.3, -0.25) is 14.5 Å². The van der Waals surface area contributed by atoms with Crippen molar-refractivity contribution in [2.75, 3.05) is 25.0 Å². The van der Waals surface area contributed by atoms with Crippen molar-refractivity contribution >= 4 is 17.6 Å². The number of nitrogens with two attached hydrogens (primary N) is 1. The third-order valence-corrected chi connectivity index (χ3v) is 4.57. The molecule has 3 heterocycles. The minimum absolute atomic E-state index is 0.175. The number of hydrogen-bond acceptors (Lipinski definition) is 6. The molecule has 1 saturated heterocycles. The van der Waals surface area contributed by atoms with Crippen molar-refractivity contribution in [3.8, 4) is 0 Å². The first kappa shape index (κ1) is 19.6. The van der Waals surface area contributed by atoms with E-state index < -0.39 is 23.9 Å². The molecule has 0 radical (unpaired) electrons. The molecule has 2 aromatic heterocycles. The standard InChI is InChI=1S/C18H20FN5O4/c1-11(18(26)22-16-3-2-13(19)9-21-16)23-6-7-28-15(10-23)12-4-5-24(27)14(8-12)17(20)25/h2-5,8-9,11,15H,6-7,10H2,1H3,(H2,20,25)(H,21,22,26).